The van der Waals surface area contributed by atoms with Crippen LogP contribution < -0.4 is 5.32 Å². The molecule has 1 aliphatic rings. The normalized spacial score (nSPS) is 22.6. The third-order valence-corrected chi connectivity index (χ3v) is 3.49. The Balaban J connectivity index is 2.33. The van der Waals surface area contributed by atoms with Crippen molar-refractivity contribution in [1.29, 1.82) is 0 Å². The molecule has 2 atom stereocenters. The van der Waals surface area contributed by atoms with Crippen LogP contribution in [0.15, 0.2) is 30.3 Å². The molecule has 0 spiro atoms. The number of carbonyl (C=O) groups excluding carboxylic acids is 2. The van der Waals surface area contributed by atoms with Gasteiger partial charge in [-0.15, -0.1) is 0 Å². The van der Waals surface area contributed by atoms with E-state index in [1.54, 1.807) is 30.3 Å². The van der Waals surface area contributed by atoms with Crippen molar-refractivity contribution in [1.82, 2.24) is 10.2 Å². The van der Waals surface area contributed by atoms with Crippen LogP contribution in [0.4, 0.5) is 8.78 Å². The summed E-state index contributed by atoms with van der Waals surface area (Å²) in [4.78, 5) is 25.6. The molecule has 1 fully saturated rings. The Labute approximate surface area is 122 Å². The van der Waals surface area contributed by atoms with E-state index in [4.69, 9.17) is 0 Å². The number of piperazine rings is 1. The first-order valence-corrected chi connectivity index (χ1v) is 6.98. The third kappa shape index (κ3) is 3.37. The minimum Gasteiger partial charge on any atom is -0.342 e. The number of alkyl halides is 2. The van der Waals surface area contributed by atoms with Gasteiger partial charge in [-0.25, -0.2) is 8.78 Å². The highest BCUT2D eigenvalue weighted by molar-refractivity contribution is 5.97. The molecule has 1 aromatic carbocycles. The Kier molecular flexibility index (Phi) is 4.88. The Morgan fingerprint density at radius 1 is 1.24 bits per heavy atom. The van der Waals surface area contributed by atoms with Crippen molar-refractivity contribution in [2.24, 2.45) is 0 Å². The van der Waals surface area contributed by atoms with Gasteiger partial charge in [0.25, 0.3) is 6.43 Å². The predicted molar refractivity (Wildman–Crippen MR) is 73.7 cm³/mol. The quantitative estimate of drug-likeness (QED) is 0.905. The molecule has 2 rings (SSSR count). The van der Waals surface area contributed by atoms with Gasteiger partial charge in [0.05, 0.1) is 6.54 Å². The lowest BCUT2D eigenvalue weighted by molar-refractivity contribution is -0.152. The first kappa shape index (κ1) is 15.4. The Morgan fingerprint density at radius 2 is 1.90 bits per heavy atom. The van der Waals surface area contributed by atoms with Crippen LogP contribution in [0.3, 0.4) is 0 Å². The molecular formula is C15H18F2N2O2. The van der Waals surface area contributed by atoms with Crippen LogP contribution in [-0.2, 0) is 9.59 Å². The molecular weight excluding hydrogens is 278 g/mol. The van der Waals surface area contributed by atoms with Crippen LogP contribution in [0.2, 0.25) is 0 Å². The number of halogens is 2. The van der Waals surface area contributed by atoms with Gasteiger partial charge in [-0.1, -0.05) is 43.7 Å². The zero-order valence-corrected chi connectivity index (χ0v) is 11.8. The molecule has 4 nitrogen and oxygen atoms in total. The van der Waals surface area contributed by atoms with Gasteiger partial charge < -0.3 is 10.2 Å². The van der Waals surface area contributed by atoms with Crippen LogP contribution in [0.5, 0.6) is 0 Å². The van der Waals surface area contributed by atoms with Gasteiger partial charge in [0.2, 0.25) is 11.8 Å². The fraction of sp³-hybridized carbons (Fsp3) is 0.467. The third-order valence-electron chi connectivity index (χ3n) is 3.49. The number of nitrogens with zero attached hydrogens (tertiary/aromatic N) is 1. The minimum absolute atomic E-state index is 0.403. The fourth-order valence-electron chi connectivity index (χ4n) is 2.58. The summed E-state index contributed by atoms with van der Waals surface area (Å²) < 4.78 is 25.6. The van der Waals surface area contributed by atoms with Gasteiger partial charge in [0, 0.05) is 0 Å². The molecule has 21 heavy (non-hydrogen) atoms. The Hall–Kier alpha value is -1.98. The van der Waals surface area contributed by atoms with Crippen molar-refractivity contribution >= 4 is 11.8 Å². The number of rotatable bonds is 5. The molecule has 0 bridgehead atoms. The molecule has 0 aromatic heterocycles. The molecule has 1 heterocycles. The van der Waals surface area contributed by atoms with Gasteiger partial charge in [0.15, 0.2) is 0 Å². The van der Waals surface area contributed by atoms with Crippen molar-refractivity contribution in [2.45, 2.75) is 38.3 Å². The van der Waals surface area contributed by atoms with Gasteiger partial charge in [-0.3, -0.25) is 9.59 Å². The lowest BCUT2D eigenvalue weighted by Crippen LogP contribution is -2.60. The molecule has 6 heteroatoms. The van der Waals surface area contributed by atoms with E-state index in [1.165, 1.54) is 0 Å². The molecule has 1 aliphatic heterocycles. The van der Waals surface area contributed by atoms with E-state index in [2.05, 4.69) is 5.32 Å². The molecule has 1 saturated heterocycles. The topological polar surface area (TPSA) is 49.4 Å². The molecule has 1 N–H and O–H groups in total. The average Bonchev–Trinajstić information content (AvgIpc) is 2.45. The maximum atomic E-state index is 12.8. The lowest BCUT2D eigenvalue weighted by Gasteiger charge is -2.39. The SMILES string of the molecule is CCCC1NC(=O)C(c2ccccc2)N(CC(F)F)C1=O. The lowest BCUT2D eigenvalue weighted by atomic mass is 9.98. The summed E-state index contributed by atoms with van der Waals surface area (Å²) >= 11 is 0. The minimum atomic E-state index is -2.67. The maximum absolute atomic E-state index is 12.8. The highest BCUT2D eigenvalue weighted by atomic mass is 19.3. The van der Waals surface area contributed by atoms with Crippen molar-refractivity contribution < 1.29 is 18.4 Å². The van der Waals surface area contributed by atoms with Crippen LogP contribution in [0.25, 0.3) is 0 Å². The van der Waals surface area contributed by atoms with E-state index in [0.717, 1.165) is 4.90 Å². The van der Waals surface area contributed by atoms with Crippen LogP contribution in [-0.4, -0.2) is 35.7 Å². The predicted octanol–water partition coefficient (Wildman–Crippen LogP) is 2.12. The Bertz CT molecular complexity index is 508. The molecule has 114 valence electrons. The number of nitrogens with one attached hydrogen (secondary N) is 1. The molecule has 2 amide bonds. The smallest absolute Gasteiger partial charge is 0.255 e. The van der Waals surface area contributed by atoms with E-state index >= 15 is 0 Å². The standard InChI is InChI=1S/C15H18F2N2O2/c1-2-6-11-15(21)19(9-12(16)17)13(14(20)18-11)10-7-4-3-5-8-10/h3-5,7-8,11-13H,2,6,9H2,1H3,(H,18,20). The highest BCUT2D eigenvalue weighted by Gasteiger charge is 2.41. The number of benzene rings is 1. The maximum Gasteiger partial charge on any atom is 0.255 e. The van der Waals surface area contributed by atoms with E-state index in [-0.39, 0.29) is 0 Å². The number of carbonyl (C=O) groups is 2. The van der Waals surface area contributed by atoms with Crippen molar-refractivity contribution in [3.63, 3.8) is 0 Å². The summed E-state index contributed by atoms with van der Waals surface area (Å²) in [5.74, 6) is -0.842. The molecule has 0 aliphatic carbocycles. The average molecular weight is 296 g/mol. The van der Waals surface area contributed by atoms with Crippen molar-refractivity contribution in [2.75, 3.05) is 6.54 Å². The highest BCUT2D eigenvalue weighted by Crippen LogP contribution is 2.27. The summed E-state index contributed by atoms with van der Waals surface area (Å²) in [5, 5.41) is 2.64. The van der Waals surface area contributed by atoms with E-state index in [1.807, 2.05) is 6.92 Å². The molecule has 2 unspecified atom stereocenters. The first-order valence-electron chi connectivity index (χ1n) is 6.98. The first-order chi connectivity index (χ1) is 10.0. The summed E-state index contributed by atoms with van der Waals surface area (Å²) in [6.45, 7) is 1.15. The zero-order valence-electron chi connectivity index (χ0n) is 11.8. The second-order valence-electron chi connectivity index (χ2n) is 5.04. The van der Waals surface area contributed by atoms with Crippen LogP contribution >= 0.6 is 0 Å². The fourth-order valence-corrected chi connectivity index (χ4v) is 2.58. The van der Waals surface area contributed by atoms with E-state index < -0.39 is 36.9 Å². The summed E-state index contributed by atoms with van der Waals surface area (Å²) in [5.41, 5.74) is 0.541. The number of hydrogen-bond acceptors (Lipinski definition) is 2. The van der Waals surface area contributed by atoms with Crippen molar-refractivity contribution in [3.8, 4) is 0 Å². The van der Waals surface area contributed by atoms with Gasteiger partial charge >= 0.3 is 0 Å². The summed E-state index contributed by atoms with van der Waals surface area (Å²) in [7, 11) is 0. The van der Waals surface area contributed by atoms with E-state index in [9.17, 15) is 18.4 Å². The number of hydrogen-bond donors (Lipinski definition) is 1. The monoisotopic (exact) mass is 296 g/mol. The largest absolute Gasteiger partial charge is 0.342 e. The summed E-state index contributed by atoms with van der Waals surface area (Å²) in [6.07, 6.45) is -1.53. The molecule has 0 saturated carbocycles. The van der Waals surface area contributed by atoms with Gasteiger partial charge in [-0.05, 0) is 12.0 Å². The van der Waals surface area contributed by atoms with Gasteiger partial charge in [-0.2, -0.15) is 0 Å². The summed E-state index contributed by atoms with van der Waals surface area (Å²) in [6, 6.07) is 6.83. The Morgan fingerprint density at radius 3 is 2.48 bits per heavy atom. The second-order valence-corrected chi connectivity index (χ2v) is 5.04. The zero-order chi connectivity index (χ0) is 15.4. The molecule has 0 radical (unpaired) electrons. The second kappa shape index (κ2) is 6.65. The van der Waals surface area contributed by atoms with Gasteiger partial charge in [0.1, 0.15) is 12.1 Å². The van der Waals surface area contributed by atoms with E-state index in [0.29, 0.717) is 18.4 Å². The van der Waals surface area contributed by atoms with Crippen LogP contribution in [0.1, 0.15) is 31.4 Å². The molecule has 1 aromatic rings. The van der Waals surface area contributed by atoms with Crippen molar-refractivity contribution in [3.05, 3.63) is 35.9 Å². The number of amides is 2. The van der Waals surface area contributed by atoms with Crippen LogP contribution in [0, 0.1) is 0 Å².